The summed E-state index contributed by atoms with van der Waals surface area (Å²) < 4.78 is 26.3. The highest BCUT2D eigenvalue weighted by molar-refractivity contribution is 5.93. The van der Waals surface area contributed by atoms with E-state index in [4.69, 9.17) is 5.73 Å². The van der Waals surface area contributed by atoms with Crippen molar-refractivity contribution in [3.63, 3.8) is 0 Å². The molecule has 2 nitrogen and oxygen atoms in total. The number of aromatic nitrogens is 1. The van der Waals surface area contributed by atoms with Crippen molar-refractivity contribution in [1.82, 2.24) is 4.98 Å². The van der Waals surface area contributed by atoms with Gasteiger partial charge in [0.1, 0.15) is 11.6 Å². The molecule has 2 N–H and O–H groups in total. The predicted octanol–water partition coefficient (Wildman–Crippen LogP) is 2.40. The summed E-state index contributed by atoms with van der Waals surface area (Å²) in [6.45, 7) is 1.74. The molecule has 1 aromatic heterocycles. The lowest BCUT2D eigenvalue weighted by molar-refractivity contribution is 0.594. The third-order valence-corrected chi connectivity index (χ3v) is 2.10. The highest BCUT2D eigenvalue weighted by Crippen LogP contribution is 2.26. The minimum Gasteiger partial charge on any atom is -0.396 e. The summed E-state index contributed by atoms with van der Waals surface area (Å²) in [7, 11) is 0. The third-order valence-electron chi connectivity index (χ3n) is 2.10. The number of nitrogens with zero attached hydrogens (tertiary/aromatic N) is 1. The molecule has 0 fully saturated rings. The number of aryl methyl sites for hydroxylation is 1. The summed E-state index contributed by atoms with van der Waals surface area (Å²) in [4.78, 5) is 3.92. The van der Waals surface area contributed by atoms with Gasteiger partial charge in [-0.3, -0.25) is 4.98 Å². The van der Waals surface area contributed by atoms with Gasteiger partial charge in [-0.25, -0.2) is 8.78 Å². The average molecular weight is 194 g/mol. The highest BCUT2D eigenvalue weighted by atomic mass is 19.1. The standard InChI is InChI=1S/C10H8F2N2/c1-5-2-6-7(4-14-5)8(11)3-9(12)10(6)13/h2-4H,13H2,1H3. The Hall–Kier alpha value is -1.71. The minimum absolute atomic E-state index is 0.0353. The van der Waals surface area contributed by atoms with Gasteiger partial charge in [0.05, 0.1) is 5.69 Å². The van der Waals surface area contributed by atoms with E-state index in [1.165, 1.54) is 6.20 Å². The zero-order valence-corrected chi connectivity index (χ0v) is 7.51. The summed E-state index contributed by atoms with van der Waals surface area (Å²) in [5.74, 6) is -1.38. The molecule has 0 unspecified atom stereocenters. The summed E-state index contributed by atoms with van der Waals surface area (Å²) in [6, 6.07) is 2.34. The molecule has 0 atom stereocenters. The lowest BCUT2D eigenvalue weighted by Crippen LogP contribution is -1.96. The van der Waals surface area contributed by atoms with Crippen LogP contribution in [-0.2, 0) is 0 Å². The number of fused-ring (bicyclic) bond motifs is 1. The zero-order valence-electron chi connectivity index (χ0n) is 7.51. The number of halogens is 2. The Morgan fingerprint density at radius 2 is 1.86 bits per heavy atom. The molecule has 0 aliphatic rings. The molecular formula is C10H8F2N2. The first-order valence-electron chi connectivity index (χ1n) is 4.09. The van der Waals surface area contributed by atoms with Gasteiger partial charge < -0.3 is 5.73 Å². The van der Waals surface area contributed by atoms with Crippen molar-refractivity contribution >= 4 is 16.5 Å². The number of benzene rings is 1. The molecule has 1 aromatic carbocycles. The molecule has 0 bridgehead atoms. The van der Waals surface area contributed by atoms with Crippen LogP contribution >= 0.6 is 0 Å². The van der Waals surface area contributed by atoms with Gasteiger partial charge in [0.2, 0.25) is 0 Å². The van der Waals surface area contributed by atoms with Crippen molar-refractivity contribution < 1.29 is 8.78 Å². The van der Waals surface area contributed by atoms with Crippen LogP contribution in [0.1, 0.15) is 5.69 Å². The Labute approximate surface area is 79.4 Å². The van der Waals surface area contributed by atoms with Gasteiger partial charge in [0.25, 0.3) is 0 Å². The summed E-state index contributed by atoms with van der Waals surface area (Å²) in [6.07, 6.45) is 1.36. The fraction of sp³-hybridized carbons (Fsp3) is 0.100. The van der Waals surface area contributed by atoms with Crippen LogP contribution in [-0.4, -0.2) is 4.98 Å². The Bertz CT molecular complexity index is 509. The number of hydrogen-bond acceptors (Lipinski definition) is 2. The first-order chi connectivity index (χ1) is 6.59. The second-order valence-corrected chi connectivity index (χ2v) is 3.13. The third kappa shape index (κ3) is 1.19. The van der Waals surface area contributed by atoms with Gasteiger partial charge in [0, 0.05) is 28.7 Å². The zero-order chi connectivity index (χ0) is 10.3. The first kappa shape index (κ1) is 8.87. The van der Waals surface area contributed by atoms with E-state index in [1.54, 1.807) is 13.0 Å². The molecule has 1 heterocycles. The van der Waals surface area contributed by atoms with Gasteiger partial charge >= 0.3 is 0 Å². The summed E-state index contributed by atoms with van der Waals surface area (Å²) in [5.41, 5.74) is 6.13. The van der Waals surface area contributed by atoms with Crippen molar-refractivity contribution in [1.29, 1.82) is 0 Å². The number of anilines is 1. The van der Waals surface area contributed by atoms with E-state index in [2.05, 4.69) is 4.98 Å². The summed E-state index contributed by atoms with van der Waals surface area (Å²) in [5, 5.41) is 0.615. The number of pyridine rings is 1. The van der Waals surface area contributed by atoms with E-state index in [-0.39, 0.29) is 11.1 Å². The van der Waals surface area contributed by atoms with Crippen molar-refractivity contribution in [3.8, 4) is 0 Å². The Morgan fingerprint density at radius 1 is 1.14 bits per heavy atom. The van der Waals surface area contributed by atoms with Crippen LogP contribution in [0.5, 0.6) is 0 Å². The van der Waals surface area contributed by atoms with E-state index in [9.17, 15) is 8.78 Å². The number of hydrogen-bond donors (Lipinski definition) is 1. The fourth-order valence-electron chi connectivity index (χ4n) is 1.37. The van der Waals surface area contributed by atoms with E-state index >= 15 is 0 Å². The lowest BCUT2D eigenvalue weighted by atomic mass is 10.1. The van der Waals surface area contributed by atoms with Gasteiger partial charge in [-0.05, 0) is 13.0 Å². The Balaban J connectivity index is 2.95. The lowest BCUT2D eigenvalue weighted by Gasteiger charge is -2.04. The molecular weight excluding hydrogens is 186 g/mol. The molecule has 0 amide bonds. The SMILES string of the molecule is Cc1cc2c(N)c(F)cc(F)c2cn1. The maximum absolute atomic E-state index is 13.2. The molecule has 4 heteroatoms. The molecule has 0 saturated heterocycles. The summed E-state index contributed by atoms with van der Waals surface area (Å²) >= 11 is 0. The predicted molar refractivity (Wildman–Crippen MR) is 50.8 cm³/mol. The van der Waals surface area contributed by atoms with Gasteiger partial charge in [-0.2, -0.15) is 0 Å². The smallest absolute Gasteiger partial charge is 0.149 e. The van der Waals surface area contributed by atoms with Crippen molar-refractivity contribution in [3.05, 3.63) is 35.7 Å². The molecule has 0 spiro atoms. The maximum atomic E-state index is 13.2. The van der Waals surface area contributed by atoms with E-state index < -0.39 is 11.6 Å². The molecule has 14 heavy (non-hydrogen) atoms. The monoisotopic (exact) mass is 194 g/mol. The Kier molecular flexibility index (Phi) is 1.84. The molecule has 0 radical (unpaired) electrons. The molecule has 0 aliphatic carbocycles. The van der Waals surface area contributed by atoms with E-state index in [0.29, 0.717) is 11.1 Å². The van der Waals surface area contributed by atoms with Crippen LogP contribution in [0.4, 0.5) is 14.5 Å². The van der Waals surface area contributed by atoms with Gasteiger partial charge in [0.15, 0.2) is 0 Å². The number of nitrogen functional groups attached to an aromatic ring is 1. The highest BCUT2D eigenvalue weighted by Gasteiger charge is 2.09. The van der Waals surface area contributed by atoms with Gasteiger partial charge in [-0.15, -0.1) is 0 Å². The van der Waals surface area contributed by atoms with Crippen LogP contribution in [0, 0.1) is 18.6 Å². The number of rotatable bonds is 0. The molecule has 0 aliphatic heterocycles. The van der Waals surface area contributed by atoms with Crippen molar-refractivity contribution in [2.45, 2.75) is 6.92 Å². The molecule has 0 saturated carbocycles. The molecule has 72 valence electrons. The Morgan fingerprint density at radius 3 is 2.57 bits per heavy atom. The van der Waals surface area contributed by atoms with Crippen molar-refractivity contribution in [2.24, 2.45) is 0 Å². The topological polar surface area (TPSA) is 38.9 Å². The van der Waals surface area contributed by atoms with E-state index in [1.807, 2.05) is 0 Å². The van der Waals surface area contributed by atoms with Gasteiger partial charge in [-0.1, -0.05) is 0 Å². The number of nitrogens with two attached hydrogens (primary N) is 1. The molecule has 2 aromatic rings. The van der Waals surface area contributed by atoms with Crippen LogP contribution in [0.15, 0.2) is 18.3 Å². The fourth-order valence-corrected chi connectivity index (χ4v) is 1.37. The maximum Gasteiger partial charge on any atom is 0.149 e. The van der Waals surface area contributed by atoms with E-state index in [0.717, 1.165) is 6.07 Å². The van der Waals surface area contributed by atoms with Crippen LogP contribution in [0.2, 0.25) is 0 Å². The average Bonchev–Trinajstić information content (AvgIpc) is 2.14. The van der Waals surface area contributed by atoms with Crippen LogP contribution in [0.25, 0.3) is 10.8 Å². The second-order valence-electron chi connectivity index (χ2n) is 3.13. The first-order valence-corrected chi connectivity index (χ1v) is 4.09. The second kappa shape index (κ2) is 2.90. The quantitative estimate of drug-likeness (QED) is 0.654. The largest absolute Gasteiger partial charge is 0.396 e. The van der Waals surface area contributed by atoms with Crippen molar-refractivity contribution in [2.75, 3.05) is 5.73 Å². The normalized spacial score (nSPS) is 10.8. The molecule has 2 rings (SSSR count). The minimum atomic E-state index is -0.736. The van der Waals surface area contributed by atoms with Crippen LogP contribution in [0.3, 0.4) is 0 Å². The van der Waals surface area contributed by atoms with Crippen LogP contribution < -0.4 is 5.73 Å².